The molecule has 5 heteroatoms. The molecule has 0 radical (unpaired) electrons. The normalized spacial score (nSPS) is 13.6. The molecule has 118 valence electrons. The van der Waals surface area contributed by atoms with E-state index < -0.39 is 6.10 Å². The number of hydrogen-bond acceptors (Lipinski definition) is 4. The van der Waals surface area contributed by atoms with Crippen molar-refractivity contribution in [2.24, 2.45) is 0 Å². The predicted octanol–water partition coefficient (Wildman–Crippen LogP) is 3.13. The minimum Gasteiger partial charge on any atom is -0.491 e. The van der Waals surface area contributed by atoms with Crippen LogP contribution in [0.15, 0.2) is 42.6 Å². The summed E-state index contributed by atoms with van der Waals surface area (Å²) in [5.74, 6) is 0.771. The molecule has 2 rings (SSSR count). The summed E-state index contributed by atoms with van der Waals surface area (Å²) in [4.78, 5) is 3.96. The van der Waals surface area contributed by atoms with Crippen molar-refractivity contribution in [2.75, 3.05) is 13.2 Å². The van der Waals surface area contributed by atoms with E-state index in [9.17, 15) is 5.11 Å². The maximum absolute atomic E-state index is 10.0. The van der Waals surface area contributed by atoms with Gasteiger partial charge in [0.1, 0.15) is 23.6 Å². The minimum absolute atomic E-state index is 0.0779. The quantitative estimate of drug-likeness (QED) is 0.770. The van der Waals surface area contributed by atoms with Gasteiger partial charge in [-0.2, -0.15) is 0 Å². The molecular formula is C17H21ClN2O2. The summed E-state index contributed by atoms with van der Waals surface area (Å²) in [5.41, 5.74) is 2.17. The first kappa shape index (κ1) is 16.7. The van der Waals surface area contributed by atoms with Crippen LogP contribution in [0.25, 0.3) is 0 Å². The van der Waals surface area contributed by atoms with Gasteiger partial charge in [-0.05, 0) is 49.2 Å². The van der Waals surface area contributed by atoms with Gasteiger partial charge in [0, 0.05) is 18.8 Å². The van der Waals surface area contributed by atoms with E-state index in [4.69, 9.17) is 16.3 Å². The van der Waals surface area contributed by atoms with Gasteiger partial charge >= 0.3 is 0 Å². The smallest absolute Gasteiger partial charge is 0.129 e. The fraction of sp³-hybridized carbons (Fsp3) is 0.353. The Balaban J connectivity index is 1.76. The van der Waals surface area contributed by atoms with E-state index in [-0.39, 0.29) is 12.6 Å². The number of hydrogen-bond donors (Lipinski definition) is 2. The van der Waals surface area contributed by atoms with Crippen molar-refractivity contribution in [3.63, 3.8) is 0 Å². The Morgan fingerprint density at radius 1 is 1.32 bits per heavy atom. The largest absolute Gasteiger partial charge is 0.491 e. The number of aryl methyl sites for hydroxylation is 1. The van der Waals surface area contributed by atoms with Crippen LogP contribution < -0.4 is 10.1 Å². The van der Waals surface area contributed by atoms with Crippen LogP contribution >= 0.6 is 11.6 Å². The van der Waals surface area contributed by atoms with Gasteiger partial charge in [-0.3, -0.25) is 0 Å². The van der Waals surface area contributed by atoms with Gasteiger partial charge in [-0.15, -0.1) is 0 Å². The highest BCUT2D eigenvalue weighted by Crippen LogP contribution is 2.15. The summed E-state index contributed by atoms with van der Waals surface area (Å²) in [6, 6.07) is 11.6. The Bertz CT molecular complexity index is 607. The second-order valence-electron chi connectivity index (χ2n) is 5.32. The Hall–Kier alpha value is -1.62. The molecule has 1 aromatic carbocycles. The molecule has 0 fully saturated rings. The summed E-state index contributed by atoms with van der Waals surface area (Å²) >= 11 is 5.87. The van der Waals surface area contributed by atoms with Gasteiger partial charge in [0.05, 0.1) is 0 Å². The van der Waals surface area contributed by atoms with Crippen LogP contribution in [-0.2, 0) is 0 Å². The zero-order chi connectivity index (χ0) is 15.9. The second-order valence-corrected chi connectivity index (χ2v) is 5.71. The fourth-order valence-corrected chi connectivity index (χ4v) is 2.26. The maximum atomic E-state index is 10.0. The SMILES string of the molecule is Cc1cccc(OCC(O)CNC(C)c2ccnc(Cl)c2)c1. The minimum atomic E-state index is -0.583. The van der Waals surface area contributed by atoms with E-state index in [2.05, 4.69) is 10.3 Å². The lowest BCUT2D eigenvalue weighted by Crippen LogP contribution is -2.33. The highest BCUT2D eigenvalue weighted by molar-refractivity contribution is 6.29. The molecule has 0 aliphatic heterocycles. The number of pyridine rings is 1. The van der Waals surface area contributed by atoms with Crippen LogP contribution in [0, 0.1) is 6.92 Å². The number of benzene rings is 1. The third-order valence-corrected chi connectivity index (χ3v) is 3.55. The van der Waals surface area contributed by atoms with Crippen molar-refractivity contribution in [3.8, 4) is 5.75 Å². The molecule has 0 saturated heterocycles. The lowest BCUT2D eigenvalue weighted by molar-refractivity contribution is 0.104. The average molecular weight is 321 g/mol. The van der Waals surface area contributed by atoms with Gasteiger partial charge in [-0.25, -0.2) is 4.98 Å². The first-order chi connectivity index (χ1) is 10.5. The monoisotopic (exact) mass is 320 g/mol. The molecule has 1 aromatic heterocycles. The Labute approximate surface area is 136 Å². The number of ether oxygens (including phenoxy) is 1. The molecule has 2 aromatic rings. The van der Waals surface area contributed by atoms with Gasteiger partial charge in [0.25, 0.3) is 0 Å². The summed E-state index contributed by atoms with van der Waals surface area (Å²) in [6.45, 7) is 4.71. The van der Waals surface area contributed by atoms with Crippen LogP contribution in [0.3, 0.4) is 0 Å². The first-order valence-electron chi connectivity index (χ1n) is 7.27. The molecule has 0 bridgehead atoms. The molecule has 2 atom stereocenters. The number of nitrogens with one attached hydrogen (secondary N) is 1. The molecule has 1 heterocycles. The van der Waals surface area contributed by atoms with E-state index >= 15 is 0 Å². The van der Waals surface area contributed by atoms with Crippen molar-refractivity contribution >= 4 is 11.6 Å². The van der Waals surface area contributed by atoms with Gasteiger partial charge in [0.15, 0.2) is 0 Å². The zero-order valence-corrected chi connectivity index (χ0v) is 13.5. The van der Waals surface area contributed by atoms with Crippen LogP contribution in [0.2, 0.25) is 5.15 Å². The van der Waals surface area contributed by atoms with E-state index in [1.165, 1.54) is 0 Å². The van der Waals surface area contributed by atoms with Gasteiger partial charge in [0.2, 0.25) is 0 Å². The first-order valence-corrected chi connectivity index (χ1v) is 7.65. The maximum Gasteiger partial charge on any atom is 0.129 e. The lowest BCUT2D eigenvalue weighted by Gasteiger charge is -2.18. The fourth-order valence-electron chi connectivity index (χ4n) is 2.07. The Morgan fingerprint density at radius 2 is 2.14 bits per heavy atom. The third kappa shape index (κ3) is 5.30. The molecule has 0 aliphatic rings. The lowest BCUT2D eigenvalue weighted by atomic mass is 10.1. The highest BCUT2D eigenvalue weighted by Gasteiger charge is 2.10. The van der Waals surface area contributed by atoms with Crippen molar-refractivity contribution in [1.29, 1.82) is 0 Å². The Kier molecular flexibility index (Phi) is 6.19. The van der Waals surface area contributed by atoms with Crippen LogP contribution in [0.4, 0.5) is 0 Å². The molecule has 0 saturated carbocycles. The number of aliphatic hydroxyl groups excluding tert-OH is 1. The number of aliphatic hydroxyl groups is 1. The van der Waals surface area contributed by atoms with E-state index in [0.717, 1.165) is 16.9 Å². The molecule has 0 aliphatic carbocycles. The molecule has 0 spiro atoms. The second kappa shape index (κ2) is 8.13. The van der Waals surface area contributed by atoms with Crippen molar-refractivity contribution in [3.05, 3.63) is 58.9 Å². The van der Waals surface area contributed by atoms with Crippen molar-refractivity contribution in [1.82, 2.24) is 10.3 Å². The topological polar surface area (TPSA) is 54.4 Å². The number of nitrogens with zero attached hydrogens (tertiary/aromatic N) is 1. The molecule has 22 heavy (non-hydrogen) atoms. The van der Waals surface area contributed by atoms with E-state index in [1.54, 1.807) is 6.20 Å². The van der Waals surface area contributed by atoms with Crippen molar-refractivity contribution in [2.45, 2.75) is 26.0 Å². The third-order valence-electron chi connectivity index (χ3n) is 3.34. The highest BCUT2D eigenvalue weighted by atomic mass is 35.5. The molecule has 2 N–H and O–H groups in total. The van der Waals surface area contributed by atoms with E-state index in [1.807, 2.05) is 50.2 Å². The standard InChI is InChI=1S/C17H21ClN2O2/c1-12-4-3-5-16(8-12)22-11-15(21)10-20-13(2)14-6-7-19-17(18)9-14/h3-9,13,15,20-21H,10-11H2,1-2H3. The average Bonchev–Trinajstić information content (AvgIpc) is 2.50. The number of aromatic nitrogens is 1. The number of rotatable bonds is 7. The van der Waals surface area contributed by atoms with Crippen molar-refractivity contribution < 1.29 is 9.84 Å². The van der Waals surface area contributed by atoms with Gasteiger partial charge < -0.3 is 15.2 Å². The Morgan fingerprint density at radius 3 is 2.86 bits per heavy atom. The predicted molar refractivity (Wildman–Crippen MR) is 88.3 cm³/mol. The molecule has 2 unspecified atom stereocenters. The number of halogens is 1. The van der Waals surface area contributed by atoms with Crippen LogP contribution in [0.5, 0.6) is 5.75 Å². The summed E-state index contributed by atoms with van der Waals surface area (Å²) in [5, 5.41) is 13.7. The summed E-state index contributed by atoms with van der Waals surface area (Å²) < 4.78 is 5.58. The summed E-state index contributed by atoms with van der Waals surface area (Å²) in [6.07, 6.45) is 1.09. The zero-order valence-electron chi connectivity index (χ0n) is 12.8. The molecular weight excluding hydrogens is 300 g/mol. The molecule has 0 amide bonds. The molecule has 4 nitrogen and oxygen atoms in total. The van der Waals surface area contributed by atoms with E-state index in [0.29, 0.717) is 11.7 Å². The van der Waals surface area contributed by atoms with Gasteiger partial charge in [-0.1, -0.05) is 23.7 Å². The van der Waals surface area contributed by atoms with Crippen LogP contribution in [-0.4, -0.2) is 29.3 Å². The summed E-state index contributed by atoms with van der Waals surface area (Å²) in [7, 11) is 0. The van der Waals surface area contributed by atoms with Crippen LogP contribution in [0.1, 0.15) is 24.1 Å².